The van der Waals surface area contributed by atoms with E-state index in [0.717, 1.165) is 25.7 Å². The highest BCUT2D eigenvalue weighted by Gasteiger charge is 2.04. The molecule has 0 bridgehead atoms. The number of rotatable bonds is 34. The summed E-state index contributed by atoms with van der Waals surface area (Å²) in [5.74, 6) is 0.618. The number of unbranched alkanes of at least 4 members (excludes halogenated alkanes) is 25. The van der Waals surface area contributed by atoms with Gasteiger partial charge in [-0.25, -0.2) is 0 Å². The van der Waals surface area contributed by atoms with Gasteiger partial charge >= 0.3 is 11.9 Å². The van der Waals surface area contributed by atoms with E-state index >= 15 is 0 Å². The minimum absolute atomic E-state index is 0.00780. The van der Waals surface area contributed by atoms with Crippen LogP contribution in [0.5, 0.6) is 0 Å². The topological polar surface area (TPSA) is 52.6 Å². The highest BCUT2D eigenvalue weighted by Crippen LogP contribution is 2.13. The Balaban J connectivity index is 0. The van der Waals surface area contributed by atoms with Crippen molar-refractivity contribution in [1.29, 1.82) is 0 Å². The molecule has 0 aromatic carbocycles. The zero-order chi connectivity index (χ0) is 33.5. The Morgan fingerprint density at radius 3 is 0.956 bits per heavy atom. The molecule has 0 aliphatic carbocycles. The fraction of sp³-hybridized carbons (Fsp3) is 0.951. The zero-order valence-electron chi connectivity index (χ0n) is 31.5. The van der Waals surface area contributed by atoms with Gasteiger partial charge in [0.05, 0.1) is 13.2 Å². The van der Waals surface area contributed by atoms with Crippen molar-refractivity contribution in [2.24, 2.45) is 5.92 Å². The highest BCUT2D eigenvalue weighted by molar-refractivity contribution is 5.69. The SMILES string of the molecule is CCCCCCCCCCCC(=O)OCCCCCCCCCC.CCCCCCCCCCCCCC(=O)OCCC(C)C. The quantitative estimate of drug-likeness (QED) is 0.0520. The maximum atomic E-state index is 11.6. The molecule has 0 aliphatic rings. The van der Waals surface area contributed by atoms with Crippen molar-refractivity contribution < 1.29 is 19.1 Å². The Hall–Kier alpha value is -1.06. The van der Waals surface area contributed by atoms with Crippen LogP contribution in [0.15, 0.2) is 0 Å². The lowest BCUT2D eigenvalue weighted by Gasteiger charge is -2.06. The van der Waals surface area contributed by atoms with E-state index in [4.69, 9.17) is 9.47 Å². The average molecular weight is 639 g/mol. The molecule has 4 heteroatoms. The molecule has 0 saturated carbocycles. The molecule has 0 aromatic rings. The summed E-state index contributed by atoms with van der Waals surface area (Å²) in [7, 11) is 0. The molecule has 0 amide bonds. The molecule has 0 saturated heterocycles. The van der Waals surface area contributed by atoms with E-state index in [0.29, 0.717) is 32.0 Å². The molecule has 45 heavy (non-hydrogen) atoms. The number of hydrogen-bond donors (Lipinski definition) is 0. The van der Waals surface area contributed by atoms with Gasteiger partial charge in [-0.05, 0) is 31.6 Å². The number of carbonyl (C=O) groups excluding carboxylic acids is 2. The third-order valence-electron chi connectivity index (χ3n) is 8.69. The van der Waals surface area contributed by atoms with Crippen LogP contribution in [0.25, 0.3) is 0 Å². The lowest BCUT2D eigenvalue weighted by molar-refractivity contribution is -0.144. The van der Waals surface area contributed by atoms with Gasteiger partial charge in [0.1, 0.15) is 0 Å². The molecule has 270 valence electrons. The first-order valence-electron chi connectivity index (χ1n) is 20.3. The fourth-order valence-electron chi connectivity index (χ4n) is 5.49. The Morgan fingerprint density at radius 1 is 0.378 bits per heavy atom. The smallest absolute Gasteiger partial charge is 0.305 e. The standard InChI is InChI=1S/C22H44O2.C19H38O2/c1-3-5-7-9-11-13-14-16-18-20-22(23)24-21-19-17-15-12-10-8-6-4-2;1-4-5-6-7-8-9-10-11-12-13-14-15-19(20)21-17-16-18(2)3/h3-21H2,1-2H3;18H,4-17H2,1-3H3. The molecule has 0 atom stereocenters. The van der Waals surface area contributed by atoms with Crippen molar-refractivity contribution in [3.63, 3.8) is 0 Å². The zero-order valence-corrected chi connectivity index (χ0v) is 31.5. The summed E-state index contributed by atoms with van der Waals surface area (Å²) in [6.07, 6.45) is 38.6. The summed E-state index contributed by atoms with van der Waals surface area (Å²) in [5.41, 5.74) is 0. The Labute approximate surface area is 283 Å². The summed E-state index contributed by atoms with van der Waals surface area (Å²) in [6.45, 7) is 12.3. The summed E-state index contributed by atoms with van der Waals surface area (Å²) >= 11 is 0. The maximum absolute atomic E-state index is 11.6. The monoisotopic (exact) mass is 639 g/mol. The van der Waals surface area contributed by atoms with Crippen molar-refractivity contribution >= 4 is 11.9 Å². The van der Waals surface area contributed by atoms with Crippen LogP contribution < -0.4 is 0 Å². The average Bonchev–Trinajstić information content (AvgIpc) is 3.02. The Kier molecular flexibility index (Phi) is 41.9. The Morgan fingerprint density at radius 2 is 0.644 bits per heavy atom. The second-order valence-electron chi connectivity index (χ2n) is 14.0. The third-order valence-corrected chi connectivity index (χ3v) is 8.69. The van der Waals surface area contributed by atoms with Crippen LogP contribution in [0.3, 0.4) is 0 Å². The highest BCUT2D eigenvalue weighted by atomic mass is 16.5. The normalized spacial score (nSPS) is 11.0. The van der Waals surface area contributed by atoms with Gasteiger partial charge in [0, 0.05) is 12.8 Å². The van der Waals surface area contributed by atoms with E-state index in [1.807, 2.05) is 0 Å². The van der Waals surface area contributed by atoms with E-state index in [1.165, 1.54) is 161 Å². The van der Waals surface area contributed by atoms with Gasteiger partial charge in [0.15, 0.2) is 0 Å². The maximum Gasteiger partial charge on any atom is 0.305 e. The van der Waals surface area contributed by atoms with E-state index in [2.05, 4.69) is 34.6 Å². The minimum Gasteiger partial charge on any atom is -0.466 e. The molecule has 0 aromatic heterocycles. The summed E-state index contributed by atoms with van der Waals surface area (Å²) in [4.78, 5) is 23.1. The first-order valence-corrected chi connectivity index (χ1v) is 20.3. The molecule has 0 aliphatic heterocycles. The summed E-state index contributed by atoms with van der Waals surface area (Å²) < 4.78 is 10.5. The molecular weight excluding hydrogens is 556 g/mol. The van der Waals surface area contributed by atoms with Crippen molar-refractivity contribution in [3.05, 3.63) is 0 Å². The molecule has 0 unspecified atom stereocenters. The van der Waals surface area contributed by atoms with Crippen LogP contribution in [0.4, 0.5) is 0 Å². The first kappa shape index (κ1) is 46.1. The third kappa shape index (κ3) is 45.1. The number of ether oxygens (including phenoxy) is 2. The first-order chi connectivity index (χ1) is 22.0. The molecule has 0 spiro atoms. The van der Waals surface area contributed by atoms with E-state index in [9.17, 15) is 9.59 Å². The van der Waals surface area contributed by atoms with Crippen molar-refractivity contribution in [2.75, 3.05) is 13.2 Å². The summed E-state index contributed by atoms with van der Waals surface area (Å²) in [5, 5.41) is 0. The van der Waals surface area contributed by atoms with Crippen LogP contribution in [-0.2, 0) is 19.1 Å². The van der Waals surface area contributed by atoms with E-state index in [-0.39, 0.29) is 11.9 Å². The van der Waals surface area contributed by atoms with Crippen LogP contribution in [0, 0.1) is 5.92 Å². The number of esters is 2. The van der Waals surface area contributed by atoms with Crippen LogP contribution in [0.2, 0.25) is 0 Å². The molecule has 0 heterocycles. The predicted molar refractivity (Wildman–Crippen MR) is 197 cm³/mol. The number of carbonyl (C=O) groups is 2. The van der Waals surface area contributed by atoms with Crippen molar-refractivity contribution in [1.82, 2.24) is 0 Å². The van der Waals surface area contributed by atoms with E-state index < -0.39 is 0 Å². The largest absolute Gasteiger partial charge is 0.466 e. The lowest BCUT2D eigenvalue weighted by Crippen LogP contribution is -2.07. The predicted octanol–water partition coefficient (Wildman–Crippen LogP) is 13.9. The van der Waals surface area contributed by atoms with Crippen molar-refractivity contribution in [3.8, 4) is 0 Å². The van der Waals surface area contributed by atoms with Gasteiger partial charge in [-0.3, -0.25) is 9.59 Å². The molecule has 0 fully saturated rings. The second-order valence-corrected chi connectivity index (χ2v) is 14.0. The van der Waals surface area contributed by atoms with Gasteiger partial charge in [-0.15, -0.1) is 0 Å². The lowest BCUT2D eigenvalue weighted by atomic mass is 10.1. The second kappa shape index (κ2) is 41.0. The van der Waals surface area contributed by atoms with Crippen LogP contribution in [-0.4, -0.2) is 25.2 Å². The van der Waals surface area contributed by atoms with Gasteiger partial charge in [-0.2, -0.15) is 0 Å². The van der Waals surface area contributed by atoms with Gasteiger partial charge in [0.2, 0.25) is 0 Å². The van der Waals surface area contributed by atoms with E-state index in [1.54, 1.807) is 0 Å². The van der Waals surface area contributed by atoms with Crippen LogP contribution in [0.1, 0.15) is 234 Å². The van der Waals surface area contributed by atoms with Crippen LogP contribution >= 0.6 is 0 Å². The molecule has 4 nitrogen and oxygen atoms in total. The van der Waals surface area contributed by atoms with Gasteiger partial charge < -0.3 is 9.47 Å². The molecule has 0 rings (SSSR count). The fourth-order valence-corrected chi connectivity index (χ4v) is 5.49. The molecule has 0 radical (unpaired) electrons. The van der Waals surface area contributed by atoms with Gasteiger partial charge in [-0.1, -0.05) is 195 Å². The van der Waals surface area contributed by atoms with Gasteiger partial charge in [0.25, 0.3) is 0 Å². The molecular formula is C41H82O4. The van der Waals surface area contributed by atoms with Crippen molar-refractivity contribution in [2.45, 2.75) is 234 Å². The summed E-state index contributed by atoms with van der Waals surface area (Å²) in [6, 6.07) is 0. The molecule has 0 N–H and O–H groups in total. The Bertz CT molecular complexity index is 550. The minimum atomic E-state index is -0.00780. The number of hydrogen-bond acceptors (Lipinski definition) is 4.